The minimum absolute atomic E-state index is 0.0430. The summed E-state index contributed by atoms with van der Waals surface area (Å²) in [7, 11) is 0. The number of allylic oxidation sites excluding steroid dienone is 4. The molecule has 0 aromatic heterocycles. The van der Waals surface area contributed by atoms with Gasteiger partial charge in [-0.05, 0) is 23.8 Å². The van der Waals surface area contributed by atoms with E-state index in [2.05, 4.69) is 0 Å². The third kappa shape index (κ3) is 1.58. The lowest BCUT2D eigenvalue weighted by Crippen LogP contribution is -1.98. The highest BCUT2D eigenvalue weighted by molar-refractivity contribution is 6.28. The van der Waals surface area contributed by atoms with Crippen molar-refractivity contribution in [3.05, 3.63) is 53.4 Å². The quantitative estimate of drug-likeness (QED) is 0.651. The zero-order chi connectivity index (χ0) is 11.0. The molecule has 1 aromatic rings. The van der Waals surface area contributed by atoms with Gasteiger partial charge in [0.05, 0.1) is 0 Å². The predicted molar refractivity (Wildman–Crippen MR) is 48.4 cm³/mol. The molecule has 0 amide bonds. The Hall–Kier alpha value is -1.84. The van der Waals surface area contributed by atoms with E-state index in [4.69, 9.17) is 0 Å². The molecule has 1 aromatic carbocycles. The van der Waals surface area contributed by atoms with E-state index in [0.29, 0.717) is 0 Å². The van der Waals surface area contributed by atoms with Crippen LogP contribution in [0, 0.1) is 17.5 Å². The Labute approximate surface area is 83.5 Å². The molecule has 1 nitrogen and oxygen atoms in total. The number of benzene rings is 1. The lowest BCUT2D eigenvalue weighted by atomic mass is 10.0. The van der Waals surface area contributed by atoms with Crippen LogP contribution in [0.25, 0.3) is 5.57 Å². The summed E-state index contributed by atoms with van der Waals surface area (Å²) in [4.78, 5) is 11.2. The fraction of sp³-hybridized carbons (Fsp3) is 0. The van der Waals surface area contributed by atoms with Crippen LogP contribution in [-0.2, 0) is 4.79 Å². The molecule has 15 heavy (non-hydrogen) atoms. The van der Waals surface area contributed by atoms with Gasteiger partial charge < -0.3 is 0 Å². The summed E-state index contributed by atoms with van der Waals surface area (Å²) in [6, 6.07) is 1.60. The summed E-state index contributed by atoms with van der Waals surface area (Å²) < 4.78 is 38.3. The van der Waals surface area contributed by atoms with E-state index < -0.39 is 17.5 Å². The van der Waals surface area contributed by atoms with Crippen LogP contribution in [-0.4, -0.2) is 5.78 Å². The number of hydrogen-bond acceptors (Lipinski definition) is 1. The molecule has 0 aliphatic heterocycles. The highest BCUT2D eigenvalue weighted by Crippen LogP contribution is 2.23. The first kappa shape index (κ1) is 9.71. The average molecular weight is 210 g/mol. The number of carbonyl (C=O) groups excluding carboxylic acids is 1. The molecule has 1 aliphatic carbocycles. The molecule has 0 bridgehead atoms. The lowest BCUT2D eigenvalue weighted by Gasteiger charge is -2.02. The molecule has 0 saturated carbocycles. The molecule has 0 atom stereocenters. The molecule has 76 valence electrons. The topological polar surface area (TPSA) is 17.1 Å². The summed E-state index contributed by atoms with van der Waals surface area (Å²) in [5.74, 6) is -4.48. The van der Waals surface area contributed by atoms with Gasteiger partial charge in [0.25, 0.3) is 0 Å². The molecule has 1 aliphatic rings. The van der Waals surface area contributed by atoms with Gasteiger partial charge in [0.1, 0.15) is 0 Å². The van der Waals surface area contributed by atoms with Crippen molar-refractivity contribution in [1.82, 2.24) is 0 Å². The Balaban J connectivity index is 2.52. The van der Waals surface area contributed by atoms with Crippen LogP contribution < -0.4 is 0 Å². The van der Waals surface area contributed by atoms with E-state index >= 15 is 0 Å². The number of carbonyl (C=O) groups is 1. The van der Waals surface area contributed by atoms with Gasteiger partial charge in [0.15, 0.2) is 23.2 Å². The summed E-state index contributed by atoms with van der Waals surface area (Å²) >= 11 is 0. The second-order valence-electron chi connectivity index (χ2n) is 3.06. The van der Waals surface area contributed by atoms with Gasteiger partial charge in [-0.2, -0.15) is 0 Å². The zero-order valence-electron chi connectivity index (χ0n) is 7.43. The van der Waals surface area contributed by atoms with Gasteiger partial charge in [-0.3, -0.25) is 4.79 Å². The monoisotopic (exact) mass is 210 g/mol. The molecule has 0 spiro atoms. The average Bonchev–Trinajstić information content (AvgIpc) is 2.60. The van der Waals surface area contributed by atoms with Gasteiger partial charge in [-0.1, -0.05) is 12.2 Å². The predicted octanol–water partition coefficient (Wildman–Crippen LogP) is 2.63. The molecular weight excluding hydrogens is 205 g/mol. The Kier molecular flexibility index (Phi) is 2.19. The Morgan fingerprint density at radius 1 is 1.00 bits per heavy atom. The smallest absolute Gasteiger partial charge is 0.194 e. The fourth-order valence-corrected chi connectivity index (χ4v) is 1.35. The molecule has 0 radical (unpaired) electrons. The summed E-state index contributed by atoms with van der Waals surface area (Å²) in [6.07, 6.45) is 4.17. The van der Waals surface area contributed by atoms with Crippen LogP contribution in [0.2, 0.25) is 0 Å². The molecule has 4 heteroatoms. The van der Waals surface area contributed by atoms with Crippen molar-refractivity contribution in [2.75, 3.05) is 0 Å². The number of ketones is 1. The first-order chi connectivity index (χ1) is 7.09. The first-order valence-corrected chi connectivity index (χ1v) is 4.17. The van der Waals surface area contributed by atoms with Crippen molar-refractivity contribution >= 4 is 11.4 Å². The second kappa shape index (κ2) is 3.38. The molecule has 2 rings (SSSR count). The van der Waals surface area contributed by atoms with Crippen molar-refractivity contribution in [3.8, 4) is 0 Å². The lowest BCUT2D eigenvalue weighted by molar-refractivity contribution is -0.109. The van der Waals surface area contributed by atoms with Crippen LogP contribution in [0.5, 0.6) is 0 Å². The number of hydrogen-bond donors (Lipinski definition) is 0. The van der Waals surface area contributed by atoms with Gasteiger partial charge in [-0.25, -0.2) is 13.2 Å². The molecule has 0 unspecified atom stereocenters. The Bertz CT molecular complexity index is 478. The largest absolute Gasteiger partial charge is 0.289 e. The number of halogens is 3. The van der Waals surface area contributed by atoms with Crippen LogP contribution in [0.3, 0.4) is 0 Å². The summed E-state index contributed by atoms with van der Waals surface area (Å²) in [6.45, 7) is 0. The van der Waals surface area contributed by atoms with Crippen molar-refractivity contribution < 1.29 is 18.0 Å². The second-order valence-corrected chi connectivity index (χ2v) is 3.06. The van der Waals surface area contributed by atoms with Crippen LogP contribution in [0.15, 0.2) is 30.4 Å². The normalized spacial score (nSPS) is 14.6. The van der Waals surface area contributed by atoms with Crippen molar-refractivity contribution in [2.45, 2.75) is 0 Å². The van der Waals surface area contributed by atoms with Crippen molar-refractivity contribution in [1.29, 1.82) is 0 Å². The minimum atomic E-state index is -1.53. The van der Waals surface area contributed by atoms with Crippen molar-refractivity contribution in [3.63, 3.8) is 0 Å². The number of rotatable bonds is 1. The van der Waals surface area contributed by atoms with Crippen molar-refractivity contribution in [2.24, 2.45) is 0 Å². The third-order valence-corrected chi connectivity index (χ3v) is 2.07. The first-order valence-electron chi connectivity index (χ1n) is 4.17. The van der Waals surface area contributed by atoms with Gasteiger partial charge >= 0.3 is 0 Å². The van der Waals surface area contributed by atoms with E-state index in [0.717, 1.165) is 12.1 Å². The zero-order valence-corrected chi connectivity index (χ0v) is 7.43. The minimum Gasteiger partial charge on any atom is -0.289 e. The summed E-state index contributed by atoms with van der Waals surface area (Å²) in [5.41, 5.74) is 0.203. The van der Waals surface area contributed by atoms with Crippen LogP contribution in [0.1, 0.15) is 5.56 Å². The van der Waals surface area contributed by atoms with Crippen LogP contribution >= 0.6 is 0 Å². The molecule has 0 heterocycles. The van der Waals surface area contributed by atoms with Crippen LogP contribution in [0.4, 0.5) is 13.2 Å². The summed E-state index contributed by atoms with van der Waals surface area (Å²) in [5, 5.41) is 0. The van der Waals surface area contributed by atoms with E-state index in [1.54, 1.807) is 0 Å². The maximum absolute atomic E-state index is 12.8. The molecule has 0 N–H and O–H groups in total. The van der Waals surface area contributed by atoms with E-state index in [-0.39, 0.29) is 16.9 Å². The van der Waals surface area contributed by atoms with E-state index in [1.807, 2.05) is 0 Å². The van der Waals surface area contributed by atoms with E-state index in [9.17, 15) is 18.0 Å². The fourth-order valence-electron chi connectivity index (χ4n) is 1.35. The third-order valence-electron chi connectivity index (χ3n) is 2.07. The Morgan fingerprint density at radius 3 is 2.07 bits per heavy atom. The highest BCUT2D eigenvalue weighted by Gasteiger charge is 2.17. The Morgan fingerprint density at radius 2 is 1.60 bits per heavy atom. The highest BCUT2D eigenvalue weighted by atomic mass is 19.2. The van der Waals surface area contributed by atoms with Gasteiger partial charge in [0, 0.05) is 5.57 Å². The standard InChI is InChI=1S/C11H5F3O/c12-8-4-6(5-9(13)11(8)14)7-2-1-3-10(7)15/h1-5H. The molecule has 0 saturated heterocycles. The van der Waals surface area contributed by atoms with Gasteiger partial charge in [0.2, 0.25) is 0 Å². The SMILES string of the molecule is O=C1C=CC=C1c1cc(F)c(F)c(F)c1. The maximum atomic E-state index is 12.8. The van der Waals surface area contributed by atoms with Gasteiger partial charge in [-0.15, -0.1) is 0 Å². The molecule has 0 fully saturated rings. The van der Waals surface area contributed by atoms with E-state index in [1.165, 1.54) is 18.2 Å². The molecular formula is C11H5F3O. The maximum Gasteiger partial charge on any atom is 0.194 e.